The third kappa shape index (κ3) is 6.13. The fourth-order valence-electron chi connectivity index (χ4n) is 11.8. The first-order valence-electron chi connectivity index (χ1n) is 19.5. The summed E-state index contributed by atoms with van der Waals surface area (Å²) in [5, 5.41) is 0. The fourth-order valence-corrected chi connectivity index (χ4v) is 12.6. The summed E-state index contributed by atoms with van der Waals surface area (Å²) in [5.74, 6) is 1.54. The van der Waals surface area contributed by atoms with E-state index in [1.165, 1.54) is 16.7 Å². The normalized spacial score (nSPS) is 38.0. The molecule has 0 nitrogen and oxygen atoms in total. The van der Waals surface area contributed by atoms with Gasteiger partial charge in [-0.1, -0.05) is 115 Å². The molecular formula is C51H62Cl2Zr. The first-order valence-corrected chi connectivity index (χ1v) is 20.7. The molecule has 0 aliphatic heterocycles. The van der Waals surface area contributed by atoms with E-state index in [0.29, 0.717) is 17.8 Å². The maximum atomic E-state index is 2.99. The van der Waals surface area contributed by atoms with Crippen molar-refractivity contribution in [3.05, 3.63) is 175 Å². The first-order chi connectivity index (χ1) is 24.6. The molecule has 10 atom stereocenters. The molecule has 2 fully saturated rings. The summed E-state index contributed by atoms with van der Waals surface area (Å²) >= 11 is 1.54. The topological polar surface area (TPSA) is 0 Å². The van der Waals surface area contributed by atoms with Gasteiger partial charge in [0, 0.05) is 10.8 Å². The third-order valence-electron chi connectivity index (χ3n) is 16.2. The summed E-state index contributed by atoms with van der Waals surface area (Å²) < 4.78 is 1.61. The number of allylic oxidation sites excluding steroid dienone is 16. The van der Waals surface area contributed by atoms with Gasteiger partial charge in [-0.25, -0.2) is 12.2 Å². The second-order valence-corrected chi connectivity index (χ2v) is 18.8. The second-order valence-electron chi connectivity index (χ2n) is 17.4. The quantitative estimate of drug-likeness (QED) is 0.269. The van der Waals surface area contributed by atoms with E-state index in [2.05, 4.69) is 215 Å². The van der Waals surface area contributed by atoms with Gasteiger partial charge in [0.05, 0.1) is 0 Å². The minimum Gasteiger partial charge on any atom is -0.314 e. The zero-order valence-corrected chi connectivity index (χ0v) is 38.3. The van der Waals surface area contributed by atoms with Crippen LogP contribution in [-0.4, -0.2) is 3.21 Å². The summed E-state index contributed by atoms with van der Waals surface area (Å²) in [6.07, 6.45) is 39.3. The standard InChI is InChI=1S/C29H37.C17H18.C5H5.2ClH.Zr/c1-21-14-13-15-22-20-27(6)25(4)18-10-9-16-23(25,2)24(3)17-11-12-19-26(24,5)29(27,8)28(21,22)7;1-14(16-9-5-3-6-10-16)13-15(2)17-11-7-4-8-12-17;1-2-4-5-3-1;;;/h9-20,22H,1-8H3;3-12,14-15H,1-2H3;1-3H,4H2;2*1H;/q-1;;-1;;;+2. The molecule has 0 bridgehead atoms. The van der Waals surface area contributed by atoms with E-state index in [1.54, 1.807) is 27.4 Å². The van der Waals surface area contributed by atoms with Crippen molar-refractivity contribution in [2.45, 2.75) is 87.5 Å². The minimum absolute atomic E-state index is 0. The van der Waals surface area contributed by atoms with Gasteiger partial charge in [0.1, 0.15) is 0 Å². The molecule has 6 aliphatic rings. The van der Waals surface area contributed by atoms with E-state index >= 15 is 0 Å². The zero-order valence-electron chi connectivity index (χ0n) is 34.2. The summed E-state index contributed by atoms with van der Waals surface area (Å²) in [6, 6.07) is 21.6. The van der Waals surface area contributed by atoms with Gasteiger partial charge < -0.3 is 6.42 Å². The van der Waals surface area contributed by atoms with Gasteiger partial charge in [-0.15, -0.1) is 48.6 Å². The number of fused-ring (bicyclic) bond motifs is 8. The molecule has 2 aromatic rings. The van der Waals surface area contributed by atoms with Crippen molar-refractivity contribution in [3.8, 4) is 0 Å². The second kappa shape index (κ2) is 16.3. The Morgan fingerprint density at radius 2 is 1.13 bits per heavy atom. The van der Waals surface area contributed by atoms with E-state index in [-0.39, 0.29) is 62.7 Å². The summed E-state index contributed by atoms with van der Waals surface area (Å²) in [7, 11) is 0. The van der Waals surface area contributed by atoms with Crippen LogP contribution in [0.1, 0.15) is 98.6 Å². The molecule has 0 amide bonds. The predicted molar refractivity (Wildman–Crippen MR) is 235 cm³/mol. The minimum atomic E-state index is 0. The van der Waals surface area contributed by atoms with Crippen molar-refractivity contribution in [2.24, 2.45) is 43.8 Å². The van der Waals surface area contributed by atoms with Crippen molar-refractivity contribution in [3.63, 3.8) is 0 Å². The maximum absolute atomic E-state index is 2.99. The van der Waals surface area contributed by atoms with E-state index in [4.69, 9.17) is 0 Å². The Morgan fingerprint density at radius 1 is 0.667 bits per heavy atom. The van der Waals surface area contributed by atoms with Crippen molar-refractivity contribution < 1.29 is 24.2 Å². The molecule has 0 radical (unpaired) electrons. The Kier molecular flexibility index (Phi) is 13.4. The van der Waals surface area contributed by atoms with Crippen LogP contribution in [-0.2, 0) is 24.2 Å². The molecule has 8 rings (SSSR count). The average molecular weight is 837 g/mol. The Balaban J connectivity index is 0.000000222. The van der Waals surface area contributed by atoms with E-state index < -0.39 is 0 Å². The number of benzene rings is 2. The van der Waals surface area contributed by atoms with Gasteiger partial charge in [0.2, 0.25) is 0 Å². The molecule has 0 N–H and O–H groups in total. The third-order valence-corrected chi connectivity index (χ3v) is 18.3. The van der Waals surface area contributed by atoms with Gasteiger partial charge >= 0.3 is 125 Å². The van der Waals surface area contributed by atoms with Crippen molar-refractivity contribution in [1.29, 1.82) is 0 Å². The first kappa shape index (κ1) is 44.4. The number of hydrogen-bond acceptors (Lipinski definition) is 0. The molecule has 0 aromatic heterocycles. The van der Waals surface area contributed by atoms with Gasteiger partial charge in [0.15, 0.2) is 0 Å². The van der Waals surface area contributed by atoms with E-state index in [0.717, 1.165) is 6.42 Å². The van der Waals surface area contributed by atoms with Gasteiger partial charge in [0.25, 0.3) is 0 Å². The van der Waals surface area contributed by atoms with Crippen LogP contribution in [0, 0.1) is 56.3 Å². The van der Waals surface area contributed by atoms with Gasteiger partial charge in [-0.2, -0.15) is 6.08 Å². The van der Waals surface area contributed by atoms with Crippen LogP contribution in [0.3, 0.4) is 0 Å². The number of halogens is 2. The van der Waals surface area contributed by atoms with Crippen LogP contribution in [0.15, 0.2) is 151 Å². The maximum Gasteiger partial charge on any atom is 0.00455 e. The van der Waals surface area contributed by atoms with Crippen LogP contribution in [0.4, 0.5) is 0 Å². The van der Waals surface area contributed by atoms with Crippen molar-refractivity contribution in [2.75, 3.05) is 0 Å². The molecular weight excluding hydrogens is 775 g/mol. The molecule has 2 aromatic carbocycles. The Bertz CT molecular complexity index is 1850. The van der Waals surface area contributed by atoms with E-state index in [1.807, 2.05) is 12.2 Å². The summed E-state index contributed by atoms with van der Waals surface area (Å²) in [4.78, 5) is 0. The monoisotopic (exact) mass is 834 g/mol. The summed E-state index contributed by atoms with van der Waals surface area (Å²) in [5.41, 5.74) is 4.58. The van der Waals surface area contributed by atoms with Crippen LogP contribution in [0.5, 0.6) is 0 Å². The predicted octanol–water partition coefficient (Wildman–Crippen LogP) is 14.1. The fraction of sp³-hybridized carbons (Fsp3) is 0.412. The Morgan fingerprint density at radius 3 is 1.57 bits per heavy atom. The van der Waals surface area contributed by atoms with Crippen LogP contribution in [0.2, 0.25) is 0 Å². The van der Waals surface area contributed by atoms with Crippen molar-refractivity contribution >= 4 is 28.0 Å². The van der Waals surface area contributed by atoms with Crippen LogP contribution < -0.4 is 0 Å². The molecule has 0 heterocycles. The van der Waals surface area contributed by atoms with Crippen LogP contribution in [0.25, 0.3) is 0 Å². The Labute approximate surface area is 356 Å². The largest absolute Gasteiger partial charge is 0.314 e. The molecule has 54 heavy (non-hydrogen) atoms. The zero-order chi connectivity index (χ0) is 37.6. The van der Waals surface area contributed by atoms with Crippen molar-refractivity contribution in [1.82, 2.24) is 0 Å². The number of rotatable bonds is 4. The molecule has 3 heteroatoms. The summed E-state index contributed by atoms with van der Waals surface area (Å²) in [6.45, 7) is 24.9. The molecule has 6 aliphatic carbocycles. The van der Waals surface area contributed by atoms with Gasteiger partial charge in [-0.05, 0) is 28.6 Å². The molecule has 2 saturated carbocycles. The SMILES string of the molecule is CC([C](=[Zr+2])C(C)c1ccccc1)c1ccccc1.CC1=CC=CC2[CH-]C3(C)C4(C)C=CC=CC4(C)C4(C)C=CC=CC4(C)C3(C)C12C.Cl.Cl.[C-]1=CC=CC1. The molecule has 0 saturated heterocycles. The Hall–Kier alpha value is -2.31. The smallest absolute Gasteiger partial charge is 0.00455 e. The number of hydrogen-bond donors (Lipinski definition) is 0. The molecule has 10 unspecified atom stereocenters. The molecule has 284 valence electrons. The van der Waals surface area contributed by atoms with Crippen LogP contribution >= 0.6 is 24.8 Å². The van der Waals surface area contributed by atoms with E-state index in [9.17, 15) is 0 Å². The average Bonchev–Trinajstić information content (AvgIpc) is 3.81. The molecule has 0 spiro atoms. The van der Waals surface area contributed by atoms with Gasteiger partial charge in [-0.3, -0.25) is 6.08 Å².